The van der Waals surface area contributed by atoms with Crippen LogP contribution in [0.15, 0.2) is 52.1 Å². The van der Waals surface area contributed by atoms with Crippen LogP contribution in [0.1, 0.15) is 50.2 Å². The SMILES string of the molecule is CCOC(=O)c1sc(N2C(=O)C(O)=C(C(=O)c3ccc(C)o3)[C@@H]2c2ccc([N+](=O)[O-])cc2)nc1C. The van der Waals surface area contributed by atoms with E-state index in [9.17, 15) is 29.6 Å². The molecule has 1 aliphatic rings. The number of nitrogens with zero attached hydrogens (tertiary/aromatic N) is 3. The zero-order chi connectivity index (χ0) is 25.4. The number of Topliss-reactive ketones (excluding diaryl/α,β-unsaturated/α-hetero) is 1. The minimum atomic E-state index is -1.18. The summed E-state index contributed by atoms with van der Waals surface area (Å²) in [7, 11) is 0. The lowest BCUT2D eigenvalue weighted by Crippen LogP contribution is -2.31. The van der Waals surface area contributed by atoms with Gasteiger partial charge in [0.05, 0.1) is 28.8 Å². The second-order valence-corrected chi connectivity index (χ2v) is 8.54. The molecule has 0 unspecified atom stereocenters. The predicted octanol–water partition coefficient (Wildman–Crippen LogP) is 4.22. The van der Waals surface area contributed by atoms with Crippen molar-refractivity contribution in [2.45, 2.75) is 26.8 Å². The number of furan rings is 1. The van der Waals surface area contributed by atoms with E-state index in [0.29, 0.717) is 17.0 Å². The Bertz CT molecular complexity index is 1390. The monoisotopic (exact) mass is 497 g/mol. The molecule has 0 aliphatic carbocycles. The highest BCUT2D eigenvalue weighted by atomic mass is 32.1. The molecule has 12 heteroatoms. The van der Waals surface area contributed by atoms with Gasteiger partial charge in [0.2, 0.25) is 5.78 Å². The Morgan fingerprint density at radius 3 is 2.49 bits per heavy atom. The minimum absolute atomic E-state index is 0.0453. The topological polar surface area (TPSA) is 153 Å². The van der Waals surface area contributed by atoms with Gasteiger partial charge in [-0.1, -0.05) is 11.3 Å². The second-order valence-electron chi connectivity index (χ2n) is 7.56. The zero-order valence-corrected chi connectivity index (χ0v) is 19.6. The molecular weight excluding hydrogens is 478 g/mol. The molecule has 0 bridgehead atoms. The molecule has 3 aromatic rings. The number of esters is 1. The molecule has 180 valence electrons. The number of ether oxygens (including phenoxy) is 1. The van der Waals surface area contributed by atoms with Crippen LogP contribution in [0.2, 0.25) is 0 Å². The first-order chi connectivity index (χ1) is 16.6. The lowest BCUT2D eigenvalue weighted by Gasteiger charge is -2.24. The van der Waals surface area contributed by atoms with E-state index < -0.39 is 34.4 Å². The van der Waals surface area contributed by atoms with E-state index in [1.165, 1.54) is 30.3 Å². The zero-order valence-electron chi connectivity index (χ0n) is 18.8. The van der Waals surface area contributed by atoms with Crippen molar-refractivity contribution in [3.63, 3.8) is 0 Å². The molecule has 0 saturated carbocycles. The molecule has 0 saturated heterocycles. The maximum Gasteiger partial charge on any atom is 0.350 e. The van der Waals surface area contributed by atoms with Gasteiger partial charge in [0.1, 0.15) is 10.6 Å². The number of nitro benzene ring substituents is 1. The molecule has 3 heterocycles. The molecule has 4 rings (SSSR count). The molecule has 1 atom stereocenters. The summed E-state index contributed by atoms with van der Waals surface area (Å²) in [6.45, 7) is 5.00. The van der Waals surface area contributed by atoms with E-state index in [1.54, 1.807) is 26.8 Å². The molecular formula is C23H19N3O8S. The number of thiazole rings is 1. The van der Waals surface area contributed by atoms with Gasteiger partial charge in [-0.3, -0.25) is 24.6 Å². The Morgan fingerprint density at radius 2 is 1.91 bits per heavy atom. The fraction of sp³-hybridized carbons (Fsp3) is 0.217. The van der Waals surface area contributed by atoms with Crippen LogP contribution >= 0.6 is 11.3 Å². The van der Waals surface area contributed by atoms with Crippen LogP contribution in [-0.4, -0.2) is 39.3 Å². The Labute approximate surface area is 202 Å². The molecule has 35 heavy (non-hydrogen) atoms. The number of anilines is 1. The number of aryl methyl sites for hydroxylation is 2. The van der Waals surface area contributed by atoms with Gasteiger partial charge in [-0.2, -0.15) is 0 Å². The van der Waals surface area contributed by atoms with Gasteiger partial charge in [-0.15, -0.1) is 0 Å². The van der Waals surface area contributed by atoms with Crippen molar-refractivity contribution < 1.29 is 33.6 Å². The van der Waals surface area contributed by atoms with Gasteiger partial charge >= 0.3 is 5.97 Å². The van der Waals surface area contributed by atoms with Crippen molar-refractivity contribution >= 4 is 39.8 Å². The molecule has 0 fully saturated rings. The van der Waals surface area contributed by atoms with Crippen molar-refractivity contribution in [2.24, 2.45) is 0 Å². The quantitative estimate of drug-likeness (QED) is 0.219. The highest BCUT2D eigenvalue weighted by molar-refractivity contribution is 7.17. The molecule has 2 aromatic heterocycles. The lowest BCUT2D eigenvalue weighted by atomic mass is 9.95. The molecule has 1 N–H and O–H groups in total. The number of aliphatic hydroxyl groups excluding tert-OH is 1. The van der Waals surface area contributed by atoms with E-state index in [0.717, 1.165) is 16.2 Å². The number of non-ortho nitro benzene ring substituents is 1. The van der Waals surface area contributed by atoms with Crippen LogP contribution in [0.5, 0.6) is 0 Å². The lowest BCUT2D eigenvalue weighted by molar-refractivity contribution is -0.384. The van der Waals surface area contributed by atoms with Crippen LogP contribution < -0.4 is 4.90 Å². The van der Waals surface area contributed by atoms with Crippen molar-refractivity contribution in [1.82, 2.24) is 4.98 Å². The Morgan fingerprint density at radius 1 is 1.23 bits per heavy atom. The van der Waals surface area contributed by atoms with Gasteiger partial charge < -0.3 is 14.3 Å². The summed E-state index contributed by atoms with van der Waals surface area (Å²) in [6, 6.07) is 7.03. The largest absolute Gasteiger partial charge is 0.503 e. The number of benzene rings is 1. The Hall–Kier alpha value is -4.32. The van der Waals surface area contributed by atoms with Gasteiger partial charge in [-0.25, -0.2) is 9.78 Å². The predicted molar refractivity (Wildman–Crippen MR) is 124 cm³/mol. The van der Waals surface area contributed by atoms with Gasteiger partial charge in [0.15, 0.2) is 16.7 Å². The van der Waals surface area contributed by atoms with Crippen LogP contribution in [0.4, 0.5) is 10.8 Å². The molecule has 1 amide bonds. The van der Waals surface area contributed by atoms with Crippen molar-refractivity contribution in [1.29, 1.82) is 0 Å². The number of rotatable bonds is 7. The summed E-state index contributed by atoms with van der Waals surface area (Å²) in [4.78, 5) is 54.9. The number of hydrogen-bond donors (Lipinski definition) is 1. The van der Waals surface area contributed by atoms with Crippen molar-refractivity contribution in [3.05, 3.63) is 85.5 Å². The summed E-state index contributed by atoms with van der Waals surface area (Å²) in [5.41, 5.74) is 0.149. The third kappa shape index (κ3) is 4.19. The van der Waals surface area contributed by atoms with Crippen molar-refractivity contribution in [2.75, 3.05) is 11.5 Å². The number of nitro groups is 1. The standard InChI is InChI=1S/C23H19N3O8S/c1-4-33-22(30)20-12(3)24-23(35-20)25-17(13-6-8-14(9-7-13)26(31)32)16(19(28)21(25)29)18(27)15-10-5-11(2)34-15/h5-10,17,28H,4H2,1-3H3/t17-/m0/s1. The summed E-state index contributed by atoms with van der Waals surface area (Å²) < 4.78 is 10.4. The Kier molecular flexibility index (Phi) is 6.22. The first-order valence-electron chi connectivity index (χ1n) is 10.4. The summed E-state index contributed by atoms with van der Waals surface area (Å²) >= 11 is 0.869. The first-order valence-corrected chi connectivity index (χ1v) is 11.2. The number of aromatic nitrogens is 1. The maximum absolute atomic E-state index is 13.3. The Balaban J connectivity index is 1.85. The number of aliphatic hydroxyl groups is 1. The number of hydrogen-bond acceptors (Lipinski definition) is 10. The highest BCUT2D eigenvalue weighted by Gasteiger charge is 2.47. The van der Waals surface area contributed by atoms with E-state index in [4.69, 9.17) is 9.15 Å². The third-order valence-corrected chi connectivity index (χ3v) is 6.43. The molecule has 0 radical (unpaired) electrons. The van der Waals surface area contributed by atoms with Crippen LogP contribution in [0, 0.1) is 24.0 Å². The third-order valence-electron chi connectivity index (χ3n) is 5.29. The van der Waals surface area contributed by atoms with Gasteiger partial charge in [0.25, 0.3) is 11.6 Å². The highest BCUT2D eigenvalue weighted by Crippen LogP contribution is 2.44. The fourth-order valence-corrected chi connectivity index (χ4v) is 4.68. The molecule has 1 aliphatic heterocycles. The van der Waals surface area contributed by atoms with Crippen LogP contribution in [0.25, 0.3) is 0 Å². The van der Waals surface area contributed by atoms with E-state index in [2.05, 4.69) is 4.98 Å². The molecule has 1 aromatic carbocycles. The van der Waals surface area contributed by atoms with Gasteiger partial charge in [0, 0.05) is 12.1 Å². The smallest absolute Gasteiger partial charge is 0.350 e. The summed E-state index contributed by atoms with van der Waals surface area (Å²) in [5, 5.41) is 21.9. The first kappa shape index (κ1) is 23.8. The normalized spacial score (nSPS) is 15.6. The molecule has 11 nitrogen and oxygen atoms in total. The summed E-state index contributed by atoms with van der Waals surface area (Å²) in [5.74, 6) is -2.70. The van der Waals surface area contributed by atoms with E-state index >= 15 is 0 Å². The fourth-order valence-electron chi connectivity index (χ4n) is 3.69. The molecule has 0 spiro atoms. The number of carbonyl (C=O) groups excluding carboxylic acids is 3. The summed E-state index contributed by atoms with van der Waals surface area (Å²) in [6.07, 6.45) is 0. The van der Waals surface area contributed by atoms with Crippen LogP contribution in [-0.2, 0) is 9.53 Å². The second kappa shape index (κ2) is 9.14. The number of ketones is 1. The van der Waals surface area contributed by atoms with Gasteiger partial charge in [-0.05, 0) is 50.6 Å². The number of amides is 1. The number of carbonyl (C=O) groups is 3. The van der Waals surface area contributed by atoms with E-state index in [-0.39, 0.29) is 33.6 Å². The van der Waals surface area contributed by atoms with Crippen molar-refractivity contribution in [3.8, 4) is 0 Å². The average molecular weight is 497 g/mol. The van der Waals surface area contributed by atoms with E-state index in [1.807, 2.05) is 0 Å². The average Bonchev–Trinajstić information content (AvgIpc) is 3.50. The minimum Gasteiger partial charge on any atom is -0.503 e. The van der Waals surface area contributed by atoms with Crippen LogP contribution in [0.3, 0.4) is 0 Å². The maximum atomic E-state index is 13.3.